The van der Waals surface area contributed by atoms with E-state index < -0.39 is 0 Å². The van der Waals surface area contributed by atoms with E-state index in [9.17, 15) is 4.79 Å². The summed E-state index contributed by atoms with van der Waals surface area (Å²) >= 11 is 1.83. The Labute approximate surface area is 121 Å². The zero-order valence-corrected chi connectivity index (χ0v) is 12.0. The maximum Gasteiger partial charge on any atom is 0.338 e. The van der Waals surface area contributed by atoms with Crippen molar-refractivity contribution in [2.45, 2.75) is 19.4 Å². The summed E-state index contributed by atoms with van der Waals surface area (Å²) < 4.78 is 7.18. The Hall–Kier alpha value is -1.82. The normalized spacial score (nSPS) is 18.1. The summed E-state index contributed by atoms with van der Waals surface area (Å²) in [6, 6.07) is 5.55. The molecule has 5 nitrogen and oxygen atoms in total. The Morgan fingerprint density at radius 3 is 3.05 bits per heavy atom. The van der Waals surface area contributed by atoms with Gasteiger partial charge in [-0.25, -0.2) is 14.5 Å². The molecule has 2 heterocycles. The number of esters is 1. The van der Waals surface area contributed by atoms with E-state index in [-0.39, 0.29) is 12.1 Å². The Kier molecular flexibility index (Phi) is 3.73. The Morgan fingerprint density at radius 2 is 2.40 bits per heavy atom. The fourth-order valence-corrected chi connectivity index (χ4v) is 3.28. The summed E-state index contributed by atoms with van der Waals surface area (Å²) in [4.78, 5) is 16.1. The molecular weight excluding hydrogens is 274 g/mol. The zero-order chi connectivity index (χ0) is 13.9. The summed E-state index contributed by atoms with van der Waals surface area (Å²) in [5.41, 5.74) is 2.38. The summed E-state index contributed by atoms with van der Waals surface area (Å²) in [7, 11) is 0. The number of nitrogens with zero attached hydrogens (tertiary/aromatic N) is 3. The molecule has 0 saturated carbocycles. The number of thioether (sulfide) groups is 1. The number of ether oxygens (including phenoxy) is 1. The van der Waals surface area contributed by atoms with Crippen LogP contribution in [0.1, 0.15) is 22.3 Å². The van der Waals surface area contributed by atoms with E-state index in [4.69, 9.17) is 4.74 Å². The Balaban J connectivity index is 1.78. The van der Waals surface area contributed by atoms with Crippen LogP contribution in [0.2, 0.25) is 0 Å². The number of carbonyl (C=O) groups excluding carboxylic acids is 1. The molecule has 2 aromatic rings. The first-order valence-corrected chi connectivity index (χ1v) is 7.64. The molecule has 104 valence electrons. The molecule has 0 amide bonds. The second-order valence-electron chi connectivity index (χ2n) is 4.73. The van der Waals surface area contributed by atoms with Crippen LogP contribution in [-0.4, -0.2) is 38.3 Å². The van der Waals surface area contributed by atoms with Crippen molar-refractivity contribution in [3.05, 3.63) is 42.0 Å². The highest BCUT2D eigenvalue weighted by molar-refractivity contribution is 7.99. The third kappa shape index (κ3) is 2.70. The van der Waals surface area contributed by atoms with Crippen molar-refractivity contribution in [1.29, 1.82) is 0 Å². The highest BCUT2D eigenvalue weighted by atomic mass is 32.2. The van der Waals surface area contributed by atoms with E-state index in [0.29, 0.717) is 5.56 Å². The third-order valence-electron chi connectivity index (χ3n) is 3.27. The van der Waals surface area contributed by atoms with Crippen LogP contribution in [0.5, 0.6) is 0 Å². The molecule has 0 aliphatic carbocycles. The molecule has 1 saturated heterocycles. The maximum atomic E-state index is 12.2. The average molecular weight is 289 g/mol. The molecule has 1 aromatic carbocycles. The van der Waals surface area contributed by atoms with Crippen molar-refractivity contribution >= 4 is 17.7 Å². The lowest BCUT2D eigenvalue weighted by Gasteiger charge is -2.12. The van der Waals surface area contributed by atoms with Crippen LogP contribution in [-0.2, 0) is 4.74 Å². The third-order valence-corrected chi connectivity index (χ3v) is 4.41. The molecule has 1 unspecified atom stereocenters. The summed E-state index contributed by atoms with van der Waals surface area (Å²) in [5, 5.41) is 4.07. The molecule has 0 bridgehead atoms. The van der Waals surface area contributed by atoms with Gasteiger partial charge in [0.25, 0.3) is 0 Å². The highest BCUT2D eigenvalue weighted by Gasteiger charge is 2.21. The smallest absolute Gasteiger partial charge is 0.338 e. The largest absolute Gasteiger partial charge is 0.458 e. The van der Waals surface area contributed by atoms with Crippen molar-refractivity contribution in [1.82, 2.24) is 14.8 Å². The van der Waals surface area contributed by atoms with E-state index >= 15 is 0 Å². The molecular formula is C14H15N3O2S. The fraction of sp³-hybridized carbons (Fsp3) is 0.357. The lowest BCUT2D eigenvalue weighted by atomic mass is 10.1. The van der Waals surface area contributed by atoms with Crippen LogP contribution >= 0.6 is 11.8 Å². The number of aromatic nitrogens is 3. The van der Waals surface area contributed by atoms with Crippen LogP contribution in [0, 0.1) is 6.92 Å². The van der Waals surface area contributed by atoms with E-state index in [1.165, 1.54) is 6.33 Å². The number of hydrogen-bond acceptors (Lipinski definition) is 5. The van der Waals surface area contributed by atoms with Crippen LogP contribution in [0.15, 0.2) is 30.9 Å². The topological polar surface area (TPSA) is 57.0 Å². The second-order valence-corrected chi connectivity index (χ2v) is 5.88. The fourth-order valence-electron chi connectivity index (χ4n) is 2.18. The number of benzene rings is 1. The van der Waals surface area contributed by atoms with Gasteiger partial charge in [-0.05, 0) is 42.9 Å². The van der Waals surface area contributed by atoms with E-state index in [0.717, 1.165) is 29.2 Å². The molecule has 1 aliphatic heterocycles. The van der Waals surface area contributed by atoms with Gasteiger partial charge < -0.3 is 4.74 Å². The second kappa shape index (κ2) is 5.66. The lowest BCUT2D eigenvalue weighted by molar-refractivity contribution is 0.0356. The number of carbonyl (C=O) groups is 1. The van der Waals surface area contributed by atoms with Crippen LogP contribution in [0.25, 0.3) is 5.69 Å². The van der Waals surface area contributed by atoms with E-state index in [1.54, 1.807) is 17.1 Å². The minimum atomic E-state index is -0.236. The molecule has 0 spiro atoms. The van der Waals surface area contributed by atoms with Gasteiger partial charge in [0.05, 0.1) is 11.3 Å². The zero-order valence-electron chi connectivity index (χ0n) is 11.2. The van der Waals surface area contributed by atoms with E-state index in [1.807, 2.05) is 30.8 Å². The predicted octanol–water partition coefficient (Wildman–Crippen LogP) is 2.24. The summed E-state index contributed by atoms with van der Waals surface area (Å²) in [6.45, 7) is 1.90. The molecule has 20 heavy (non-hydrogen) atoms. The Morgan fingerprint density at radius 1 is 1.50 bits per heavy atom. The minimum absolute atomic E-state index is 0.0573. The van der Waals surface area contributed by atoms with Crippen molar-refractivity contribution < 1.29 is 9.53 Å². The van der Waals surface area contributed by atoms with Crippen LogP contribution < -0.4 is 0 Å². The number of rotatable bonds is 3. The first-order valence-electron chi connectivity index (χ1n) is 6.48. The molecule has 1 aliphatic rings. The molecule has 0 N–H and O–H groups in total. The van der Waals surface area contributed by atoms with Gasteiger partial charge in [-0.15, -0.1) is 0 Å². The molecule has 0 radical (unpaired) electrons. The maximum absolute atomic E-state index is 12.2. The lowest BCUT2D eigenvalue weighted by Crippen LogP contribution is -2.18. The standard InChI is InChI=1S/C14H15N3O2S/c1-10-6-11(17-9-15-8-16-17)2-3-13(10)14(18)19-12-4-5-20-7-12/h2-3,6,8-9,12H,4-5,7H2,1H3. The summed E-state index contributed by atoms with van der Waals surface area (Å²) in [5.74, 6) is 1.74. The average Bonchev–Trinajstić information content (AvgIpc) is 3.11. The minimum Gasteiger partial charge on any atom is -0.458 e. The van der Waals surface area contributed by atoms with Crippen molar-refractivity contribution in [2.75, 3.05) is 11.5 Å². The van der Waals surface area contributed by atoms with Gasteiger partial charge in [-0.3, -0.25) is 0 Å². The number of hydrogen-bond donors (Lipinski definition) is 0. The summed E-state index contributed by atoms with van der Waals surface area (Å²) in [6.07, 6.45) is 4.12. The van der Waals surface area contributed by atoms with Gasteiger partial charge >= 0.3 is 5.97 Å². The van der Waals surface area contributed by atoms with Crippen LogP contribution in [0.3, 0.4) is 0 Å². The predicted molar refractivity (Wildman–Crippen MR) is 77.2 cm³/mol. The molecule has 3 rings (SSSR count). The number of aryl methyl sites for hydroxylation is 1. The molecule has 1 fully saturated rings. The van der Waals surface area contributed by atoms with Crippen molar-refractivity contribution in [2.24, 2.45) is 0 Å². The van der Waals surface area contributed by atoms with Gasteiger partial charge in [-0.2, -0.15) is 16.9 Å². The first-order chi connectivity index (χ1) is 9.74. The van der Waals surface area contributed by atoms with Gasteiger partial charge in [0, 0.05) is 5.75 Å². The highest BCUT2D eigenvalue weighted by Crippen LogP contribution is 2.22. The molecule has 1 aromatic heterocycles. The monoisotopic (exact) mass is 289 g/mol. The van der Waals surface area contributed by atoms with Gasteiger partial charge in [0.15, 0.2) is 0 Å². The molecule has 6 heteroatoms. The van der Waals surface area contributed by atoms with Crippen molar-refractivity contribution in [3.63, 3.8) is 0 Å². The first kappa shape index (κ1) is 13.2. The Bertz CT molecular complexity index is 607. The van der Waals surface area contributed by atoms with Gasteiger partial charge in [-0.1, -0.05) is 0 Å². The van der Waals surface area contributed by atoms with Gasteiger partial charge in [0.2, 0.25) is 0 Å². The van der Waals surface area contributed by atoms with Crippen molar-refractivity contribution in [3.8, 4) is 5.69 Å². The van der Waals surface area contributed by atoms with Crippen LogP contribution in [0.4, 0.5) is 0 Å². The van der Waals surface area contributed by atoms with Gasteiger partial charge in [0.1, 0.15) is 18.8 Å². The van der Waals surface area contributed by atoms with E-state index in [2.05, 4.69) is 10.1 Å². The SMILES string of the molecule is Cc1cc(-n2cncn2)ccc1C(=O)OC1CCSC1. The quantitative estimate of drug-likeness (QED) is 0.811. The molecule has 1 atom stereocenters.